The quantitative estimate of drug-likeness (QED) is 0.434. The third kappa shape index (κ3) is 13.9. The molecule has 0 aromatic rings. The van der Waals surface area contributed by atoms with E-state index in [0.29, 0.717) is 6.61 Å². The lowest BCUT2D eigenvalue weighted by Crippen LogP contribution is -1.95. The molecule has 0 saturated heterocycles. The molecule has 17 heavy (non-hydrogen) atoms. The van der Waals surface area contributed by atoms with Gasteiger partial charge in [-0.3, -0.25) is 0 Å². The molecule has 1 atom stereocenters. The lowest BCUT2D eigenvalue weighted by molar-refractivity contribution is 0.282. The Balaban J connectivity index is 3.09. The molecule has 0 bridgehead atoms. The van der Waals surface area contributed by atoms with Crippen molar-refractivity contribution in [3.05, 3.63) is 0 Å². The van der Waals surface area contributed by atoms with Crippen LogP contribution in [-0.2, 0) is 0 Å². The van der Waals surface area contributed by atoms with Crippen LogP contribution in [-0.4, -0.2) is 11.7 Å². The molecule has 0 aliphatic carbocycles. The number of hydrogen-bond donors (Lipinski definition) is 1. The molecule has 1 N–H and O–H groups in total. The topological polar surface area (TPSA) is 20.2 Å². The van der Waals surface area contributed by atoms with Crippen LogP contribution in [0.5, 0.6) is 0 Å². The molecule has 104 valence electrons. The molecule has 0 aliphatic rings. The lowest BCUT2D eigenvalue weighted by Gasteiger charge is -2.10. The van der Waals surface area contributed by atoms with Gasteiger partial charge in [0.1, 0.15) is 0 Å². The number of rotatable bonds is 13. The van der Waals surface area contributed by atoms with Gasteiger partial charge in [0.2, 0.25) is 0 Å². The van der Waals surface area contributed by atoms with Gasteiger partial charge in [-0.2, -0.15) is 0 Å². The molecule has 0 saturated carbocycles. The van der Waals surface area contributed by atoms with Gasteiger partial charge < -0.3 is 5.11 Å². The molecular formula is C16H34O. The summed E-state index contributed by atoms with van der Waals surface area (Å²) in [5.41, 5.74) is 0. The first-order valence-corrected chi connectivity index (χ1v) is 7.92. The van der Waals surface area contributed by atoms with Crippen molar-refractivity contribution < 1.29 is 5.11 Å². The molecule has 0 rings (SSSR count). The number of hydrogen-bond acceptors (Lipinski definition) is 1. The minimum Gasteiger partial charge on any atom is -0.396 e. The molecule has 0 heterocycles. The number of aliphatic hydroxyl groups excluding tert-OH is 1. The zero-order valence-electron chi connectivity index (χ0n) is 12.2. The summed E-state index contributed by atoms with van der Waals surface area (Å²) >= 11 is 0. The summed E-state index contributed by atoms with van der Waals surface area (Å²) in [5.74, 6) is 0.925. The molecule has 1 nitrogen and oxygen atoms in total. The zero-order chi connectivity index (χ0) is 12.8. The van der Waals surface area contributed by atoms with E-state index in [0.717, 1.165) is 12.3 Å². The highest BCUT2D eigenvalue weighted by molar-refractivity contribution is 4.55. The van der Waals surface area contributed by atoms with E-state index in [2.05, 4.69) is 13.8 Å². The van der Waals surface area contributed by atoms with Gasteiger partial charge in [-0.25, -0.2) is 0 Å². The Labute approximate surface area is 109 Å². The maximum absolute atomic E-state index is 8.67. The molecule has 1 heteroatoms. The number of aliphatic hydroxyl groups is 1. The van der Waals surface area contributed by atoms with Crippen LogP contribution < -0.4 is 0 Å². The molecule has 1 unspecified atom stereocenters. The van der Waals surface area contributed by atoms with Crippen molar-refractivity contribution in [2.75, 3.05) is 6.61 Å². The van der Waals surface area contributed by atoms with Gasteiger partial charge in [0.15, 0.2) is 0 Å². The first kappa shape index (κ1) is 17.0. The predicted octanol–water partition coefficient (Wildman–Crippen LogP) is 5.32. The van der Waals surface area contributed by atoms with Gasteiger partial charge >= 0.3 is 0 Å². The summed E-state index contributed by atoms with van der Waals surface area (Å²) in [6, 6.07) is 0. The molecule has 0 aromatic heterocycles. The van der Waals surface area contributed by atoms with Gasteiger partial charge in [-0.15, -0.1) is 0 Å². The fraction of sp³-hybridized carbons (Fsp3) is 1.00. The average Bonchev–Trinajstić information content (AvgIpc) is 2.33. The van der Waals surface area contributed by atoms with E-state index in [-0.39, 0.29) is 0 Å². The van der Waals surface area contributed by atoms with Crippen LogP contribution in [0.3, 0.4) is 0 Å². The van der Waals surface area contributed by atoms with E-state index in [1.165, 1.54) is 70.6 Å². The Morgan fingerprint density at radius 3 is 1.71 bits per heavy atom. The average molecular weight is 242 g/mol. The lowest BCUT2D eigenvalue weighted by atomic mass is 9.96. The first-order chi connectivity index (χ1) is 8.31. The largest absolute Gasteiger partial charge is 0.396 e. The van der Waals surface area contributed by atoms with Gasteiger partial charge in [-0.1, -0.05) is 84.5 Å². The standard InChI is InChI=1S/C16H34O/c1-3-4-5-7-10-13-16(2)14-11-8-6-9-12-15-17/h16-17H,3-15H2,1-2H3. The van der Waals surface area contributed by atoms with E-state index in [1.54, 1.807) is 0 Å². The van der Waals surface area contributed by atoms with Crippen LogP contribution >= 0.6 is 0 Å². The van der Waals surface area contributed by atoms with Crippen molar-refractivity contribution in [1.29, 1.82) is 0 Å². The molecule has 0 aromatic carbocycles. The maximum Gasteiger partial charge on any atom is 0.0431 e. The highest BCUT2D eigenvalue weighted by Gasteiger charge is 2.01. The molecule has 0 spiro atoms. The van der Waals surface area contributed by atoms with E-state index in [9.17, 15) is 0 Å². The Morgan fingerprint density at radius 1 is 0.706 bits per heavy atom. The second-order valence-electron chi connectivity index (χ2n) is 5.59. The molecule has 0 amide bonds. The van der Waals surface area contributed by atoms with Crippen molar-refractivity contribution in [3.63, 3.8) is 0 Å². The van der Waals surface area contributed by atoms with E-state index >= 15 is 0 Å². The highest BCUT2D eigenvalue weighted by atomic mass is 16.2. The summed E-state index contributed by atoms with van der Waals surface area (Å²) in [4.78, 5) is 0. The zero-order valence-corrected chi connectivity index (χ0v) is 12.2. The van der Waals surface area contributed by atoms with Gasteiger partial charge in [-0.05, 0) is 12.3 Å². The van der Waals surface area contributed by atoms with Crippen LogP contribution in [0, 0.1) is 5.92 Å². The summed E-state index contributed by atoms with van der Waals surface area (Å²) in [6.45, 7) is 5.06. The van der Waals surface area contributed by atoms with E-state index in [1.807, 2.05) is 0 Å². The Morgan fingerprint density at radius 2 is 1.18 bits per heavy atom. The third-order valence-electron chi connectivity index (χ3n) is 3.66. The smallest absolute Gasteiger partial charge is 0.0431 e. The third-order valence-corrected chi connectivity index (χ3v) is 3.66. The second kappa shape index (κ2) is 14.0. The van der Waals surface area contributed by atoms with Gasteiger partial charge in [0.25, 0.3) is 0 Å². The van der Waals surface area contributed by atoms with Crippen LogP contribution in [0.4, 0.5) is 0 Å². The molecule has 0 fully saturated rings. The molecule has 0 radical (unpaired) electrons. The fourth-order valence-corrected chi connectivity index (χ4v) is 2.38. The minimum atomic E-state index is 0.369. The fourth-order valence-electron chi connectivity index (χ4n) is 2.38. The predicted molar refractivity (Wildman–Crippen MR) is 77.3 cm³/mol. The molecular weight excluding hydrogens is 208 g/mol. The van der Waals surface area contributed by atoms with Gasteiger partial charge in [0.05, 0.1) is 0 Å². The van der Waals surface area contributed by atoms with E-state index in [4.69, 9.17) is 5.11 Å². The monoisotopic (exact) mass is 242 g/mol. The van der Waals surface area contributed by atoms with Crippen molar-refractivity contribution >= 4 is 0 Å². The van der Waals surface area contributed by atoms with Crippen molar-refractivity contribution in [1.82, 2.24) is 0 Å². The van der Waals surface area contributed by atoms with Crippen LogP contribution in [0.15, 0.2) is 0 Å². The molecule has 0 aliphatic heterocycles. The Kier molecular flexibility index (Phi) is 14.0. The van der Waals surface area contributed by atoms with Crippen LogP contribution in [0.1, 0.15) is 90.9 Å². The number of unbranched alkanes of at least 4 members (excludes halogenated alkanes) is 8. The van der Waals surface area contributed by atoms with Crippen molar-refractivity contribution in [2.24, 2.45) is 5.92 Å². The van der Waals surface area contributed by atoms with E-state index < -0.39 is 0 Å². The van der Waals surface area contributed by atoms with Crippen LogP contribution in [0.25, 0.3) is 0 Å². The van der Waals surface area contributed by atoms with Crippen LogP contribution in [0.2, 0.25) is 0 Å². The maximum atomic E-state index is 8.67. The minimum absolute atomic E-state index is 0.369. The highest BCUT2D eigenvalue weighted by Crippen LogP contribution is 2.17. The SMILES string of the molecule is CCCCCCCC(C)CCCCCCCO. The summed E-state index contributed by atoms with van der Waals surface area (Å²) < 4.78 is 0. The first-order valence-electron chi connectivity index (χ1n) is 7.92. The normalized spacial score (nSPS) is 12.9. The second-order valence-corrected chi connectivity index (χ2v) is 5.59. The van der Waals surface area contributed by atoms with Crippen molar-refractivity contribution in [3.8, 4) is 0 Å². The Hall–Kier alpha value is -0.0400. The summed E-state index contributed by atoms with van der Waals surface area (Å²) in [7, 11) is 0. The summed E-state index contributed by atoms with van der Waals surface area (Å²) in [6.07, 6.45) is 16.2. The Bertz CT molecular complexity index is 133. The summed E-state index contributed by atoms with van der Waals surface area (Å²) in [5, 5.41) is 8.67. The van der Waals surface area contributed by atoms with Gasteiger partial charge in [0, 0.05) is 6.61 Å². The van der Waals surface area contributed by atoms with Crippen molar-refractivity contribution in [2.45, 2.75) is 90.9 Å².